The Morgan fingerprint density at radius 1 is 1.50 bits per heavy atom. The number of nitrogens with zero attached hydrogens (tertiary/aromatic N) is 3. The van der Waals surface area contributed by atoms with E-state index in [1.165, 1.54) is 0 Å². The SMILES string of the molecule is Cc1nc([C@@H]2CCCN2C(=O)CCc2cccc(O)c2)n[nH]1. The van der Waals surface area contributed by atoms with Gasteiger partial charge < -0.3 is 10.0 Å². The van der Waals surface area contributed by atoms with Gasteiger partial charge in [0.05, 0.1) is 6.04 Å². The first-order chi connectivity index (χ1) is 10.6. The summed E-state index contributed by atoms with van der Waals surface area (Å²) in [6.45, 7) is 2.62. The van der Waals surface area contributed by atoms with E-state index in [4.69, 9.17) is 0 Å². The molecule has 22 heavy (non-hydrogen) atoms. The first kappa shape index (κ1) is 14.6. The van der Waals surface area contributed by atoms with Crippen molar-refractivity contribution in [2.75, 3.05) is 6.54 Å². The third kappa shape index (κ3) is 3.10. The predicted octanol–water partition coefficient (Wildman–Crippen LogP) is 2.12. The smallest absolute Gasteiger partial charge is 0.223 e. The topological polar surface area (TPSA) is 82.1 Å². The second kappa shape index (κ2) is 6.17. The van der Waals surface area contributed by atoms with Crippen LogP contribution in [0.25, 0.3) is 0 Å². The Balaban J connectivity index is 1.64. The first-order valence-electron chi connectivity index (χ1n) is 7.60. The highest BCUT2D eigenvalue weighted by Gasteiger charge is 2.32. The van der Waals surface area contributed by atoms with E-state index in [9.17, 15) is 9.90 Å². The number of carbonyl (C=O) groups excluding carboxylic acids is 1. The molecule has 1 fully saturated rings. The molecule has 1 aromatic carbocycles. The van der Waals surface area contributed by atoms with Gasteiger partial charge in [-0.3, -0.25) is 9.89 Å². The van der Waals surface area contributed by atoms with Crippen LogP contribution in [0.4, 0.5) is 0 Å². The van der Waals surface area contributed by atoms with Crippen molar-refractivity contribution in [3.8, 4) is 5.75 Å². The zero-order chi connectivity index (χ0) is 15.5. The van der Waals surface area contributed by atoms with Crippen LogP contribution in [0.5, 0.6) is 5.75 Å². The van der Waals surface area contributed by atoms with Crippen LogP contribution in [0.3, 0.4) is 0 Å². The van der Waals surface area contributed by atoms with Crippen molar-refractivity contribution in [1.82, 2.24) is 20.1 Å². The summed E-state index contributed by atoms with van der Waals surface area (Å²) in [5, 5.41) is 16.5. The van der Waals surface area contributed by atoms with Crippen molar-refractivity contribution in [2.24, 2.45) is 0 Å². The molecule has 2 heterocycles. The number of phenolic OH excluding ortho intramolecular Hbond substituents is 1. The number of H-pyrrole nitrogens is 1. The molecule has 1 amide bonds. The average Bonchev–Trinajstić information content (AvgIpc) is 3.13. The normalized spacial score (nSPS) is 17.9. The lowest BCUT2D eigenvalue weighted by atomic mass is 10.1. The summed E-state index contributed by atoms with van der Waals surface area (Å²) in [5.41, 5.74) is 0.970. The predicted molar refractivity (Wildman–Crippen MR) is 81.2 cm³/mol. The third-order valence-electron chi connectivity index (χ3n) is 4.02. The molecule has 2 N–H and O–H groups in total. The van der Waals surface area contributed by atoms with Crippen LogP contribution in [0, 0.1) is 6.92 Å². The molecule has 0 saturated carbocycles. The highest BCUT2D eigenvalue weighted by atomic mass is 16.3. The average molecular weight is 300 g/mol. The van der Waals surface area contributed by atoms with Crippen molar-refractivity contribution in [1.29, 1.82) is 0 Å². The Morgan fingerprint density at radius 2 is 2.36 bits per heavy atom. The van der Waals surface area contributed by atoms with Gasteiger partial charge in [-0.15, -0.1) is 0 Å². The van der Waals surface area contributed by atoms with Crippen LogP contribution in [0.15, 0.2) is 24.3 Å². The van der Waals surface area contributed by atoms with Crippen LogP contribution < -0.4 is 0 Å². The lowest BCUT2D eigenvalue weighted by Gasteiger charge is -2.22. The maximum atomic E-state index is 12.5. The Kier molecular flexibility index (Phi) is 4.09. The van der Waals surface area contributed by atoms with Gasteiger partial charge in [0, 0.05) is 13.0 Å². The Labute approximate surface area is 129 Å². The van der Waals surface area contributed by atoms with Crippen molar-refractivity contribution in [3.05, 3.63) is 41.5 Å². The van der Waals surface area contributed by atoms with Crippen molar-refractivity contribution in [2.45, 2.75) is 38.6 Å². The molecule has 0 bridgehead atoms. The van der Waals surface area contributed by atoms with Crippen LogP contribution in [0.1, 0.15) is 42.5 Å². The monoisotopic (exact) mass is 300 g/mol. The van der Waals surface area contributed by atoms with Crippen molar-refractivity contribution < 1.29 is 9.90 Å². The Hall–Kier alpha value is -2.37. The molecular weight excluding hydrogens is 280 g/mol. The second-order valence-corrected chi connectivity index (χ2v) is 5.69. The molecule has 2 aromatic rings. The van der Waals surface area contributed by atoms with E-state index in [1.807, 2.05) is 17.9 Å². The van der Waals surface area contributed by atoms with Gasteiger partial charge >= 0.3 is 0 Å². The minimum absolute atomic E-state index is 0.0124. The van der Waals surface area contributed by atoms with Gasteiger partial charge in [0.2, 0.25) is 5.91 Å². The zero-order valence-electron chi connectivity index (χ0n) is 12.6. The summed E-state index contributed by atoms with van der Waals surface area (Å²) in [7, 11) is 0. The molecule has 1 aromatic heterocycles. The molecule has 6 heteroatoms. The maximum absolute atomic E-state index is 12.5. The third-order valence-corrected chi connectivity index (χ3v) is 4.02. The number of phenols is 1. The highest BCUT2D eigenvalue weighted by molar-refractivity contribution is 5.77. The first-order valence-corrected chi connectivity index (χ1v) is 7.60. The number of nitrogens with one attached hydrogen (secondary N) is 1. The van der Waals surface area contributed by atoms with E-state index < -0.39 is 0 Å². The van der Waals surface area contributed by atoms with Crippen LogP contribution in [-0.4, -0.2) is 37.6 Å². The van der Waals surface area contributed by atoms with E-state index in [2.05, 4.69) is 15.2 Å². The molecule has 3 rings (SSSR count). The fraction of sp³-hybridized carbons (Fsp3) is 0.438. The van der Waals surface area contributed by atoms with Gasteiger partial charge in [0.25, 0.3) is 0 Å². The molecule has 6 nitrogen and oxygen atoms in total. The number of amides is 1. The number of benzene rings is 1. The van der Waals surface area contributed by atoms with Gasteiger partial charge in [-0.25, -0.2) is 4.98 Å². The minimum atomic E-state index is -0.0124. The number of aromatic amines is 1. The number of aromatic hydroxyl groups is 1. The minimum Gasteiger partial charge on any atom is -0.508 e. The van der Waals surface area contributed by atoms with E-state index in [0.717, 1.165) is 30.8 Å². The van der Waals surface area contributed by atoms with E-state index in [1.54, 1.807) is 18.2 Å². The largest absolute Gasteiger partial charge is 0.508 e. The number of rotatable bonds is 4. The molecule has 0 radical (unpaired) electrons. The molecule has 116 valence electrons. The van der Waals surface area contributed by atoms with E-state index in [0.29, 0.717) is 18.7 Å². The molecule has 0 aliphatic carbocycles. The number of hydrogen-bond acceptors (Lipinski definition) is 4. The summed E-state index contributed by atoms with van der Waals surface area (Å²) in [6.07, 6.45) is 2.96. The number of aryl methyl sites for hydroxylation is 2. The number of aromatic nitrogens is 3. The second-order valence-electron chi connectivity index (χ2n) is 5.69. The van der Waals surface area contributed by atoms with E-state index in [-0.39, 0.29) is 17.7 Å². The lowest BCUT2D eigenvalue weighted by Crippen LogP contribution is -2.31. The molecule has 1 aliphatic rings. The highest BCUT2D eigenvalue weighted by Crippen LogP contribution is 2.30. The molecule has 0 spiro atoms. The molecule has 1 saturated heterocycles. The summed E-state index contributed by atoms with van der Waals surface area (Å²) >= 11 is 0. The summed E-state index contributed by atoms with van der Waals surface area (Å²) in [6, 6.07) is 7.04. The lowest BCUT2D eigenvalue weighted by molar-refractivity contribution is -0.132. The van der Waals surface area contributed by atoms with Crippen LogP contribution >= 0.6 is 0 Å². The number of hydrogen-bond donors (Lipinski definition) is 2. The van der Waals surface area contributed by atoms with Crippen molar-refractivity contribution in [3.63, 3.8) is 0 Å². The fourth-order valence-electron chi connectivity index (χ4n) is 2.95. The van der Waals surface area contributed by atoms with Crippen molar-refractivity contribution >= 4 is 5.91 Å². The fourth-order valence-corrected chi connectivity index (χ4v) is 2.95. The van der Waals surface area contributed by atoms with Gasteiger partial charge in [-0.2, -0.15) is 5.10 Å². The van der Waals surface area contributed by atoms with Crippen LogP contribution in [0.2, 0.25) is 0 Å². The van der Waals surface area contributed by atoms with Crippen LogP contribution in [-0.2, 0) is 11.2 Å². The van der Waals surface area contributed by atoms with Gasteiger partial charge in [0.15, 0.2) is 5.82 Å². The summed E-state index contributed by atoms with van der Waals surface area (Å²) < 4.78 is 0. The van der Waals surface area contributed by atoms with E-state index >= 15 is 0 Å². The molecule has 1 aliphatic heterocycles. The Bertz CT molecular complexity index is 668. The van der Waals surface area contributed by atoms with Gasteiger partial charge in [0.1, 0.15) is 11.6 Å². The summed E-state index contributed by atoms with van der Waals surface area (Å²) in [5.74, 6) is 1.84. The Morgan fingerprint density at radius 3 is 3.09 bits per heavy atom. The standard InChI is InChI=1S/C16H20N4O2/c1-11-17-16(19-18-11)14-6-3-9-20(14)15(22)8-7-12-4-2-5-13(21)10-12/h2,4-5,10,14,21H,3,6-9H2,1H3,(H,17,18,19)/t14-/m0/s1. The van der Waals surface area contributed by atoms with Gasteiger partial charge in [-0.1, -0.05) is 12.1 Å². The molecule has 1 atom stereocenters. The number of likely N-dealkylation sites (tertiary alicyclic amines) is 1. The van der Waals surface area contributed by atoms with Gasteiger partial charge in [-0.05, 0) is 43.9 Å². The quantitative estimate of drug-likeness (QED) is 0.906. The zero-order valence-corrected chi connectivity index (χ0v) is 12.6. The number of carbonyl (C=O) groups is 1. The maximum Gasteiger partial charge on any atom is 0.223 e. The molecular formula is C16H20N4O2. The molecule has 0 unspecified atom stereocenters. The summed E-state index contributed by atoms with van der Waals surface area (Å²) in [4.78, 5) is 18.7.